The van der Waals surface area contributed by atoms with Gasteiger partial charge in [-0.25, -0.2) is 0 Å². The second-order valence-corrected chi connectivity index (χ2v) is 4.11. The van der Waals surface area contributed by atoms with E-state index in [2.05, 4.69) is 5.92 Å². The van der Waals surface area contributed by atoms with Crippen molar-refractivity contribution in [2.24, 2.45) is 0 Å². The third kappa shape index (κ3) is 3.83. The number of hydrogen-bond donors (Lipinski definition) is 0. The molecule has 0 aliphatic rings. The minimum atomic E-state index is 0.410. The Hall–Kier alpha value is -0.550. The summed E-state index contributed by atoms with van der Waals surface area (Å²) < 4.78 is 5.41. The highest BCUT2D eigenvalue weighted by atomic mass is 35.5. The van der Waals surface area contributed by atoms with Gasteiger partial charge in [0.25, 0.3) is 0 Å². The van der Waals surface area contributed by atoms with E-state index in [9.17, 15) is 0 Å². The maximum atomic E-state index is 5.91. The second kappa shape index (κ2) is 6.12. The number of benzene rings is 1. The lowest BCUT2D eigenvalue weighted by atomic mass is 10.3. The molecule has 1 aromatic rings. The van der Waals surface area contributed by atoms with E-state index in [4.69, 9.17) is 46.0 Å². The van der Waals surface area contributed by atoms with Crippen LogP contribution in [-0.4, -0.2) is 6.61 Å². The van der Waals surface area contributed by atoms with Gasteiger partial charge in [0.1, 0.15) is 0 Å². The zero-order valence-electron chi connectivity index (χ0n) is 7.90. The Balaban J connectivity index is 2.65. The SMILES string of the molecule is C#CCCCOc1c(Cl)cc(Cl)cc1Cl. The molecule has 0 spiro atoms. The summed E-state index contributed by atoms with van der Waals surface area (Å²) in [4.78, 5) is 0. The van der Waals surface area contributed by atoms with Gasteiger partial charge in [-0.05, 0) is 18.6 Å². The minimum absolute atomic E-state index is 0.410. The van der Waals surface area contributed by atoms with E-state index in [0.717, 1.165) is 6.42 Å². The van der Waals surface area contributed by atoms with Crippen LogP contribution in [0.2, 0.25) is 15.1 Å². The van der Waals surface area contributed by atoms with Crippen molar-refractivity contribution < 1.29 is 4.74 Å². The monoisotopic (exact) mass is 262 g/mol. The lowest BCUT2D eigenvalue weighted by Gasteiger charge is -2.09. The van der Waals surface area contributed by atoms with Gasteiger partial charge in [-0.3, -0.25) is 0 Å². The van der Waals surface area contributed by atoms with Crippen molar-refractivity contribution in [3.05, 3.63) is 27.2 Å². The molecule has 0 aromatic heterocycles. The summed E-state index contributed by atoms with van der Waals surface area (Å²) >= 11 is 17.6. The molecule has 0 fully saturated rings. The molecular weight excluding hydrogens is 254 g/mol. The van der Waals surface area contributed by atoms with E-state index in [1.807, 2.05) is 0 Å². The fourth-order valence-corrected chi connectivity index (χ4v) is 1.94. The van der Waals surface area contributed by atoms with Crippen molar-refractivity contribution in [3.63, 3.8) is 0 Å². The zero-order chi connectivity index (χ0) is 11.3. The van der Waals surface area contributed by atoms with Gasteiger partial charge >= 0.3 is 0 Å². The molecule has 15 heavy (non-hydrogen) atoms. The number of terminal acetylenes is 1. The maximum absolute atomic E-state index is 5.91. The maximum Gasteiger partial charge on any atom is 0.156 e. The molecule has 0 amide bonds. The summed E-state index contributed by atoms with van der Waals surface area (Å²) in [5.41, 5.74) is 0. The van der Waals surface area contributed by atoms with Gasteiger partial charge in [0.15, 0.2) is 5.75 Å². The summed E-state index contributed by atoms with van der Waals surface area (Å²) in [6, 6.07) is 3.18. The van der Waals surface area contributed by atoms with E-state index in [1.54, 1.807) is 12.1 Å². The van der Waals surface area contributed by atoms with E-state index in [-0.39, 0.29) is 0 Å². The number of ether oxygens (including phenoxy) is 1. The molecule has 1 nitrogen and oxygen atoms in total. The Morgan fingerprint density at radius 3 is 2.33 bits per heavy atom. The molecule has 0 aliphatic heterocycles. The largest absolute Gasteiger partial charge is 0.490 e. The fraction of sp³-hybridized carbons (Fsp3) is 0.273. The highest BCUT2D eigenvalue weighted by Crippen LogP contribution is 2.35. The molecule has 80 valence electrons. The van der Waals surface area contributed by atoms with E-state index in [1.165, 1.54) is 0 Å². The van der Waals surface area contributed by atoms with Crippen LogP contribution in [0.4, 0.5) is 0 Å². The van der Waals surface area contributed by atoms with Gasteiger partial charge in [-0.2, -0.15) is 0 Å². The van der Waals surface area contributed by atoms with E-state index < -0.39 is 0 Å². The molecule has 0 radical (unpaired) electrons. The summed E-state index contributed by atoms with van der Waals surface area (Å²) in [5, 5.41) is 1.31. The molecule has 0 aliphatic carbocycles. The number of halogens is 3. The molecule has 4 heteroatoms. The van der Waals surface area contributed by atoms with Crippen molar-refractivity contribution in [3.8, 4) is 18.1 Å². The van der Waals surface area contributed by atoms with Crippen molar-refractivity contribution >= 4 is 34.8 Å². The summed E-state index contributed by atoms with van der Waals surface area (Å²) in [5.74, 6) is 2.98. The molecular formula is C11H9Cl3O. The van der Waals surface area contributed by atoms with E-state index in [0.29, 0.717) is 33.8 Å². The molecule has 0 atom stereocenters. The summed E-state index contributed by atoms with van der Waals surface area (Å²) in [6.07, 6.45) is 6.55. The topological polar surface area (TPSA) is 9.23 Å². The van der Waals surface area contributed by atoms with Gasteiger partial charge < -0.3 is 4.74 Å². The van der Waals surface area contributed by atoms with Crippen LogP contribution < -0.4 is 4.74 Å². The smallest absolute Gasteiger partial charge is 0.156 e. The van der Waals surface area contributed by atoms with Crippen LogP contribution >= 0.6 is 34.8 Å². The third-order valence-electron chi connectivity index (χ3n) is 1.67. The van der Waals surface area contributed by atoms with Crippen LogP contribution in [0.25, 0.3) is 0 Å². The standard InChI is InChI=1S/C11H9Cl3O/c1-2-3-4-5-15-11-9(13)6-8(12)7-10(11)14/h1,6-7H,3-5H2. The Morgan fingerprint density at radius 1 is 1.20 bits per heavy atom. The third-order valence-corrected chi connectivity index (χ3v) is 2.45. The van der Waals surface area contributed by atoms with Crippen molar-refractivity contribution in [1.82, 2.24) is 0 Å². The molecule has 0 bridgehead atoms. The Labute approximate surface area is 104 Å². The molecule has 0 unspecified atom stereocenters. The molecule has 0 heterocycles. The first-order valence-corrected chi connectivity index (χ1v) is 5.49. The molecule has 1 rings (SSSR count). The highest BCUT2D eigenvalue weighted by Gasteiger charge is 2.08. The van der Waals surface area contributed by atoms with Crippen LogP contribution in [0.1, 0.15) is 12.8 Å². The van der Waals surface area contributed by atoms with Gasteiger partial charge in [0, 0.05) is 11.4 Å². The van der Waals surface area contributed by atoms with Crippen molar-refractivity contribution in [2.45, 2.75) is 12.8 Å². The van der Waals surface area contributed by atoms with Gasteiger partial charge in [0.2, 0.25) is 0 Å². The molecule has 0 saturated carbocycles. The average molecular weight is 264 g/mol. The van der Waals surface area contributed by atoms with Crippen LogP contribution in [0, 0.1) is 12.3 Å². The quantitative estimate of drug-likeness (QED) is 0.576. The Bertz CT molecular complexity index is 359. The number of unbranched alkanes of at least 4 members (excludes halogenated alkanes) is 1. The first-order chi connectivity index (χ1) is 7.15. The number of rotatable bonds is 4. The molecule has 1 aromatic carbocycles. The van der Waals surface area contributed by atoms with E-state index >= 15 is 0 Å². The minimum Gasteiger partial charge on any atom is -0.490 e. The Morgan fingerprint density at radius 2 is 1.80 bits per heavy atom. The Kier molecular flexibility index (Phi) is 5.11. The first kappa shape index (κ1) is 12.5. The first-order valence-electron chi connectivity index (χ1n) is 4.36. The number of hydrogen-bond acceptors (Lipinski definition) is 1. The van der Waals surface area contributed by atoms with Crippen LogP contribution in [0.5, 0.6) is 5.75 Å². The van der Waals surface area contributed by atoms with Crippen molar-refractivity contribution in [1.29, 1.82) is 0 Å². The van der Waals surface area contributed by atoms with Gasteiger partial charge in [0.05, 0.1) is 16.7 Å². The predicted octanol–water partition coefficient (Wildman–Crippen LogP) is 4.44. The normalized spacial score (nSPS) is 9.73. The van der Waals surface area contributed by atoms with Crippen molar-refractivity contribution in [2.75, 3.05) is 6.61 Å². The summed E-state index contributed by atoms with van der Waals surface area (Å²) in [7, 11) is 0. The average Bonchev–Trinajstić information content (AvgIpc) is 2.15. The fourth-order valence-electron chi connectivity index (χ4n) is 1.02. The van der Waals surface area contributed by atoms with Crippen LogP contribution in [0.3, 0.4) is 0 Å². The lowest BCUT2D eigenvalue weighted by molar-refractivity contribution is 0.313. The summed E-state index contributed by atoms with van der Waals surface area (Å²) in [6.45, 7) is 0.491. The molecule has 0 saturated heterocycles. The molecule has 0 N–H and O–H groups in total. The second-order valence-electron chi connectivity index (χ2n) is 2.85. The zero-order valence-corrected chi connectivity index (χ0v) is 10.2. The van der Waals surface area contributed by atoms with Crippen LogP contribution in [-0.2, 0) is 0 Å². The van der Waals surface area contributed by atoms with Gasteiger partial charge in [-0.1, -0.05) is 34.8 Å². The predicted molar refractivity (Wildman–Crippen MR) is 65.0 cm³/mol. The van der Waals surface area contributed by atoms with Gasteiger partial charge in [-0.15, -0.1) is 12.3 Å². The lowest BCUT2D eigenvalue weighted by Crippen LogP contribution is -1.97. The highest BCUT2D eigenvalue weighted by molar-refractivity contribution is 6.40. The van der Waals surface area contributed by atoms with Crippen LogP contribution in [0.15, 0.2) is 12.1 Å².